The lowest BCUT2D eigenvalue weighted by molar-refractivity contribution is -0.208. The molecule has 1 aliphatic rings. The van der Waals surface area contributed by atoms with Crippen molar-refractivity contribution < 1.29 is 13.2 Å². The Morgan fingerprint density at radius 1 is 0.967 bits per heavy atom. The van der Waals surface area contributed by atoms with Gasteiger partial charge in [-0.3, -0.25) is 0 Å². The van der Waals surface area contributed by atoms with E-state index >= 15 is 0 Å². The molecule has 0 fully saturated rings. The van der Waals surface area contributed by atoms with Gasteiger partial charge >= 0.3 is 6.18 Å². The van der Waals surface area contributed by atoms with E-state index in [9.17, 15) is 13.2 Å². The number of rotatable bonds is 3. The number of fused-ring (bicyclic) bond motifs is 5. The number of aromatic nitrogens is 2. The Morgan fingerprint density at radius 2 is 1.67 bits per heavy atom. The normalized spacial score (nSPS) is 18.1. The zero-order chi connectivity index (χ0) is 20.9. The van der Waals surface area contributed by atoms with E-state index < -0.39 is 11.8 Å². The highest BCUT2D eigenvalue weighted by molar-refractivity contribution is 5.95. The van der Waals surface area contributed by atoms with Crippen LogP contribution in [0.3, 0.4) is 0 Å². The highest BCUT2D eigenvalue weighted by Crippen LogP contribution is 2.48. The van der Waals surface area contributed by atoms with Crippen molar-refractivity contribution in [3.05, 3.63) is 83.9 Å². The molecule has 3 nitrogen and oxygen atoms in total. The summed E-state index contributed by atoms with van der Waals surface area (Å²) in [4.78, 5) is 0. The minimum atomic E-state index is -4.58. The lowest BCUT2D eigenvalue weighted by Gasteiger charge is -2.41. The van der Waals surface area contributed by atoms with Crippen LogP contribution in [0, 0.1) is 0 Å². The van der Waals surface area contributed by atoms with Crippen LogP contribution in [0.15, 0.2) is 72.8 Å². The molecule has 1 atom stereocenters. The molecular weight excluding hydrogens is 387 g/mol. The third-order valence-electron chi connectivity index (χ3n) is 5.84. The third-order valence-corrected chi connectivity index (χ3v) is 5.84. The number of hydrogen-bond donors (Lipinski definition) is 1. The van der Waals surface area contributed by atoms with Crippen molar-refractivity contribution in [3.63, 3.8) is 0 Å². The highest BCUT2D eigenvalue weighted by atomic mass is 19.4. The van der Waals surface area contributed by atoms with Gasteiger partial charge in [0, 0.05) is 23.1 Å². The van der Waals surface area contributed by atoms with E-state index in [2.05, 4.69) is 10.4 Å². The summed E-state index contributed by atoms with van der Waals surface area (Å²) in [6.45, 7) is 2.01. The van der Waals surface area contributed by atoms with Gasteiger partial charge in [0.05, 0.1) is 11.2 Å². The van der Waals surface area contributed by atoms with Gasteiger partial charge in [-0.05, 0) is 35.7 Å². The van der Waals surface area contributed by atoms with Crippen molar-refractivity contribution in [2.45, 2.75) is 31.6 Å². The number of halogens is 3. The highest BCUT2D eigenvalue weighted by Gasteiger charge is 2.60. The van der Waals surface area contributed by atoms with Crippen LogP contribution >= 0.6 is 0 Å². The number of benzene rings is 3. The number of aryl methyl sites for hydroxylation is 1. The molecule has 3 aromatic carbocycles. The first-order valence-electron chi connectivity index (χ1n) is 9.93. The van der Waals surface area contributed by atoms with Crippen LogP contribution in [-0.2, 0) is 18.5 Å². The van der Waals surface area contributed by atoms with Crippen LogP contribution in [0.2, 0.25) is 0 Å². The van der Waals surface area contributed by atoms with Crippen molar-refractivity contribution in [2.24, 2.45) is 0 Å². The summed E-state index contributed by atoms with van der Waals surface area (Å²) in [5.74, 6) is 0. The average Bonchev–Trinajstić information content (AvgIpc) is 3.14. The Hall–Kier alpha value is -3.28. The molecule has 0 radical (unpaired) electrons. The van der Waals surface area contributed by atoms with Crippen LogP contribution in [0.4, 0.5) is 18.9 Å². The van der Waals surface area contributed by atoms with Crippen LogP contribution in [0.25, 0.3) is 22.2 Å². The predicted molar refractivity (Wildman–Crippen MR) is 112 cm³/mol. The molecule has 6 heteroatoms. The summed E-state index contributed by atoms with van der Waals surface area (Å²) in [5, 5.41) is 7.97. The fraction of sp³-hybridized carbons (Fsp3) is 0.208. The van der Waals surface area contributed by atoms with E-state index in [1.54, 1.807) is 36.4 Å². The van der Waals surface area contributed by atoms with Gasteiger partial charge < -0.3 is 5.32 Å². The second-order valence-corrected chi connectivity index (χ2v) is 7.64. The number of hydrogen-bond acceptors (Lipinski definition) is 2. The van der Waals surface area contributed by atoms with E-state index in [1.807, 2.05) is 43.3 Å². The van der Waals surface area contributed by atoms with Crippen LogP contribution in [-0.4, -0.2) is 16.0 Å². The number of anilines is 1. The summed E-state index contributed by atoms with van der Waals surface area (Å²) in [5.41, 5.74) is 1.56. The molecule has 0 aliphatic carbocycles. The smallest absolute Gasteiger partial charge is 0.354 e. The van der Waals surface area contributed by atoms with Crippen molar-refractivity contribution in [3.8, 4) is 11.3 Å². The quantitative estimate of drug-likeness (QED) is 0.441. The summed E-state index contributed by atoms with van der Waals surface area (Å²) < 4.78 is 45.6. The summed E-state index contributed by atoms with van der Waals surface area (Å²) in [6.07, 6.45) is -4.00. The molecule has 0 amide bonds. The van der Waals surface area contributed by atoms with E-state index in [0.717, 1.165) is 22.2 Å². The summed E-state index contributed by atoms with van der Waals surface area (Å²) in [7, 11) is 0. The second kappa shape index (κ2) is 6.62. The van der Waals surface area contributed by atoms with Gasteiger partial charge in [-0.2, -0.15) is 18.3 Å². The largest absolute Gasteiger partial charge is 0.432 e. The molecule has 0 bridgehead atoms. The van der Waals surface area contributed by atoms with E-state index in [0.29, 0.717) is 27.8 Å². The maximum Gasteiger partial charge on any atom is 0.432 e. The predicted octanol–water partition coefficient (Wildman–Crippen LogP) is 6.15. The van der Waals surface area contributed by atoms with Gasteiger partial charge in [-0.1, -0.05) is 61.5 Å². The Kier molecular flexibility index (Phi) is 4.13. The fourth-order valence-electron chi connectivity index (χ4n) is 4.28. The standard InChI is InChI=1S/C24H20F3N3/c1-2-16-11-13-18(14-12-16)28-23(24(25,26)27)15-17-7-3-4-8-19(17)22-20-9-5-6-10-21(20)29-30(22)23/h3-14,28H,2,15H2,1H3. The van der Waals surface area contributed by atoms with E-state index in [1.165, 1.54) is 0 Å². The molecule has 0 spiro atoms. The van der Waals surface area contributed by atoms with Crippen LogP contribution in [0.1, 0.15) is 18.1 Å². The molecule has 5 rings (SSSR count). The molecule has 2 heterocycles. The monoisotopic (exact) mass is 407 g/mol. The first-order valence-corrected chi connectivity index (χ1v) is 9.93. The first-order chi connectivity index (χ1) is 14.4. The Bertz CT molecular complexity index is 1220. The Morgan fingerprint density at radius 3 is 2.40 bits per heavy atom. The van der Waals surface area contributed by atoms with E-state index in [-0.39, 0.29) is 6.42 Å². The fourth-order valence-corrected chi connectivity index (χ4v) is 4.28. The maximum absolute atomic E-state index is 14.8. The lowest BCUT2D eigenvalue weighted by atomic mass is 9.88. The molecule has 1 aromatic heterocycles. The maximum atomic E-state index is 14.8. The zero-order valence-electron chi connectivity index (χ0n) is 16.4. The molecular formula is C24H20F3N3. The molecule has 152 valence electrons. The van der Waals surface area contributed by atoms with Crippen molar-refractivity contribution in [1.29, 1.82) is 0 Å². The minimum absolute atomic E-state index is 0.247. The number of nitrogens with one attached hydrogen (secondary N) is 1. The SMILES string of the molecule is CCc1ccc(NC2(C(F)(F)F)Cc3ccccc3-c3c4ccccc4nn32)cc1. The van der Waals surface area contributed by atoms with Crippen LogP contribution in [0.5, 0.6) is 0 Å². The van der Waals surface area contributed by atoms with Gasteiger partial charge in [-0.15, -0.1) is 0 Å². The van der Waals surface area contributed by atoms with Gasteiger partial charge in [0.2, 0.25) is 5.66 Å². The minimum Gasteiger partial charge on any atom is -0.354 e. The third kappa shape index (κ3) is 2.70. The van der Waals surface area contributed by atoms with Crippen molar-refractivity contribution >= 4 is 16.6 Å². The molecule has 0 saturated heterocycles. The second-order valence-electron chi connectivity index (χ2n) is 7.64. The van der Waals surface area contributed by atoms with Gasteiger partial charge in [0.1, 0.15) is 0 Å². The van der Waals surface area contributed by atoms with Gasteiger partial charge in [-0.25, -0.2) is 4.68 Å². The summed E-state index contributed by atoms with van der Waals surface area (Å²) in [6, 6.07) is 21.6. The van der Waals surface area contributed by atoms with Crippen molar-refractivity contribution in [2.75, 3.05) is 5.32 Å². The van der Waals surface area contributed by atoms with Gasteiger partial charge in [0.15, 0.2) is 0 Å². The van der Waals surface area contributed by atoms with Crippen LogP contribution < -0.4 is 5.32 Å². The van der Waals surface area contributed by atoms with Crippen molar-refractivity contribution in [1.82, 2.24) is 9.78 Å². The Labute approximate surface area is 172 Å². The molecule has 30 heavy (non-hydrogen) atoms. The Balaban J connectivity index is 1.78. The number of alkyl halides is 3. The number of nitrogens with zero attached hydrogens (tertiary/aromatic N) is 2. The topological polar surface area (TPSA) is 29.9 Å². The molecule has 4 aromatic rings. The summed E-state index contributed by atoms with van der Waals surface area (Å²) >= 11 is 0. The van der Waals surface area contributed by atoms with Gasteiger partial charge in [0.25, 0.3) is 0 Å². The average molecular weight is 407 g/mol. The first kappa shape index (κ1) is 18.7. The molecule has 1 N–H and O–H groups in total. The molecule has 0 saturated carbocycles. The zero-order valence-corrected chi connectivity index (χ0v) is 16.4. The molecule has 1 aliphatic heterocycles. The lowest BCUT2D eigenvalue weighted by Crippen LogP contribution is -2.57. The van der Waals surface area contributed by atoms with E-state index in [4.69, 9.17) is 0 Å². The molecule has 1 unspecified atom stereocenters.